The number of nitrogens with zero attached hydrogens (tertiary/aromatic N) is 3. The van der Waals surface area contributed by atoms with Crippen LogP contribution in [0.1, 0.15) is 21.7 Å². The van der Waals surface area contributed by atoms with Gasteiger partial charge in [-0.2, -0.15) is 0 Å². The first-order valence-corrected chi connectivity index (χ1v) is 5.92. The molecule has 0 spiro atoms. The van der Waals surface area contributed by atoms with E-state index in [4.69, 9.17) is 5.11 Å². The maximum Gasteiger partial charge on any atom is 0.254 e. The van der Waals surface area contributed by atoms with Gasteiger partial charge in [0.05, 0.1) is 24.5 Å². The van der Waals surface area contributed by atoms with Crippen LogP contribution in [0.5, 0.6) is 0 Å². The number of hydrogen-bond donors (Lipinski definition) is 1. The van der Waals surface area contributed by atoms with Crippen LogP contribution in [0.2, 0.25) is 0 Å². The van der Waals surface area contributed by atoms with E-state index in [9.17, 15) is 4.79 Å². The summed E-state index contributed by atoms with van der Waals surface area (Å²) in [4.78, 5) is 21.9. The summed E-state index contributed by atoms with van der Waals surface area (Å²) in [6.07, 6.45) is 3.22. The summed E-state index contributed by atoms with van der Waals surface area (Å²) in [5.41, 5.74) is 1.82. The van der Waals surface area contributed by atoms with E-state index in [1.165, 1.54) is 6.20 Å². The Morgan fingerprint density at radius 1 is 1.21 bits per heavy atom. The molecule has 0 saturated carbocycles. The molecule has 0 atom stereocenters. The maximum atomic E-state index is 12.2. The van der Waals surface area contributed by atoms with Crippen LogP contribution in [0.15, 0.2) is 42.7 Å². The average molecular weight is 257 g/mol. The Labute approximate surface area is 111 Å². The molecule has 2 heterocycles. The Morgan fingerprint density at radius 3 is 2.68 bits per heavy atom. The molecule has 0 aliphatic heterocycles. The highest BCUT2D eigenvalue weighted by Gasteiger charge is 2.13. The third-order valence-corrected chi connectivity index (χ3v) is 2.70. The summed E-state index contributed by atoms with van der Waals surface area (Å²) in [7, 11) is 1.72. The van der Waals surface area contributed by atoms with Gasteiger partial charge in [0.15, 0.2) is 0 Å². The van der Waals surface area contributed by atoms with Crippen molar-refractivity contribution in [1.82, 2.24) is 14.9 Å². The molecule has 5 heteroatoms. The molecular formula is C14H15N3O2. The highest BCUT2D eigenvalue weighted by Crippen LogP contribution is 2.08. The van der Waals surface area contributed by atoms with Gasteiger partial charge in [-0.05, 0) is 24.3 Å². The van der Waals surface area contributed by atoms with Crippen molar-refractivity contribution in [2.45, 2.75) is 13.2 Å². The molecule has 0 saturated heterocycles. The Morgan fingerprint density at radius 2 is 2.00 bits per heavy atom. The molecule has 1 N–H and O–H groups in total. The number of carbonyl (C=O) groups is 1. The summed E-state index contributed by atoms with van der Waals surface area (Å²) in [5, 5.41) is 9.02. The van der Waals surface area contributed by atoms with Gasteiger partial charge in [-0.3, -0.25) is 14.8 Å². The fourth-order valence-electron chi connectivity index (χ4n) is 1.72. The second-order valence-corrected chi connectivity index (χ2v) is 4.18. The fraction of sp³-hybridized carbons (Fsp3) is 0.214. The van der Waals surface area contributed by atoms with Crippen LogP contribution in [0.25, 0.3) is 0 Å². The van der Waals surface area contributed by atoms with Crippen LogP contribution in [0.3, 0.4) is 0 Å². The van der Waals surface area contributed by atoms with Gasteiger partial charge in [0.25, 0.3) is 5.91 Å². The maximum absolute atomic E-state index is 12.2. The van der Waals surface area contributed by atoms with E-state index in [0.29, 0.717) is 17.8 Å². The van der Waals surface area contributed by atoms with Crippen LogP contribution in [0.4, 0.5) is 0 Å². The minimum absolute atomic E-state index is 0.122. The van der Waals surface area contributed by atoms with E-state index in [1.807, 2.05) is 18.2 Å². The van der Waals surface area contributed by atoms with Crippen LogP contribution < -0.4 is 0 Å². The molecule has 98 valence electrons. The highest BCUT2D eigenvalue weighted by atomic mass is 16.3. The molecule has 0 bridgehead atoms. The SMILES string of the molecule is CN(Cc1ccccn1)C(=O)c1ccnc(CO)c1. The van der Waals surface area contributed by atoms with Gasteiger partial charge >= 0.3 is 0 Å². The van der Waals surface area contributed by atoms with Crippen molar-refractivity contribution >= 4 is 5.91 Å². The lowest BCUT2D eigenvalue weighted by Gasteiger charge is -2.16. The summed E-state index contributed by atoms with van der Waals surface area (Å²) >= 11 is 0. The van der Waals surface area contributed by atoms with Gasteiger partial charge in [-0.1, -0.05) is 6.07 Å². The molecule has 0 unspecified atom stereocenters. The van der Waals surface area contributed by atoms with E-state index < -0.39 is 0 Å². The predicted octanol–water partition coefficient (Wildman–Crippen LogP) is 1.24. The highest BCUT2D eigenvalue weighted by molar-refractivity contribution is 5.94. The van der Waals surface area contributed by atoms with Crippen molar-refractivity contribution in [3.05, 3.63) is 59.7 Å². The van der Waals surface area contributed by atoms with Crippen molar-refractivity contribution in [2.75, 3.05) is 7.05 Å². The summed E-state index contributed by atoms with van der Waals surface area (Å²) in [6.45, 7) is 0.265. The number of aliphatic hydroxyl groups excluding tert-OH is 1. The zero-order chi connectivity index (χ0) is 13.7. The molecule has 0 fully saturated rings. The molecule has 0 aliphatic rings. The van der Waals surface area contributed by atoms with E-state index in [1.54, 1.807) is 30.3 Å². The van der Waals surface area contributed by atoms with E-state index in [2.05, 4.69) is 9.97 Å². The monoisotopic (exact) mass is 257 g/mol. The fourth-order valence-corrected chi connectivity index (χ4v) is 1.72. The second-order valence-electron chi connectivity index (χ2n) is 4.18. The molecular weight excluding hydrogens is 242 g/mol. The number of carbonyl (C=O) groups excluding carboxylic acids is 1. The van der Waals surface area contributed by atoms with Crippen LogP contribution in [-0.4, -0.2) is 32.9 Å². The number of amides is 1. The largest absolute Gasteiger partial charge is 0.390 e. The van der Waals surface area contributed by atoms with Crippen LogP contribution in [-0.2, 0) is 13.2 Å². The second kappa shape index (κ2) is 6.06. The number of rotatable bonds is 4. The van der Waals surface area contributed by atoms with Gasteiger partial charge < -0.3 is 10.0 Å². The van der Waals surface area contributed by atoms with Gasteiger partial charge in [0.1, 0.15) is 0 Å². The quantitative estimate of drug-likeness (QED) is 0.895. The normalized spacial score (nSPS) is 10.2. The third-order valence-electron chi connectivity index (χ3n) is 2.70. The Hall–Kier alpha value is -2.27. The van der Waals surface area contributed by atoms with Crippen molar-refractivity contribution in [3.63, 3.8) is 0 Å². The minimum Gasteiger partial charge on any atom is -0.390 e. The average Bonchev–Trinajstić information content (AvgIpc) is 2.47. The van der Waals surface area contributed by atoms with Gasteiger partial charge in [-0.25, -0.2) is 0 Å². The Kier molecular flexibility index (Phi) is 4.20. The van der Waals surface area contributed by atoms with E-state index >= 15 is 0 Å². The van der Waals surface area contributed by atoms with Gasteiger partial charge in [0.2, 0.25) is 0 Å². The van der Waals surface area contributed by atoms with Crippen LogP contribution in [0, 0.1) is 0 Å². The minimum atomic E-state index is -0.176. The lowest BCUT2D eigenvalue weighted by atomic mass is 10.2. The molecule has 0 aliphatic carbocycles. The number of hydrogen-bond acceptors (Lipinski definition) is 4. The third kappa shape index (κ3) is 3.35. The molecule has 5 nitrogen and oxygen atoms in total. The van der Waals surface area contributed by atoms with E-state index in [0.717, 1.165) is 5.69 Å². The topological polar surface area (TPSA) is 66.3 Å². The first kappa shape index (κ1) is 13.2. The van der Waals surface area contributed by atoms with Gasteiger partial charge in [-0.15, -0.1) is 0 Å². The van der Waals surface area contributed by atoms with Crippen molar-refractivity contribution in [3.8, 4) is 0 Å². The van der Waals surface area contributed by atoms with Gasteiger partial charge in [0, 0.05) is 25.0 Å². The Bertz CT molecular complexity index is 558. The number of aromatic nitrogens is 2. The molecule has 0 aromatic carbocycles. The number of pyridine rings is 2. The molecule has 2 aromatic rings. The Balaban J connectivity index is 2.10. The molecule has 19 heavy (non-hydrogen) atoms. The predicted molar refractivity (Wildman–Crippen MR) is 70.2 cm³/mol. The zero-order valence-corrected chi connectivity index (χ0v) is 10.7. The summed E-state index contributed by atoms with van der Waals surface area (Å²) < 4.78 is 0. The van der Waals surface area contributed by atoms with Crippen LogP contribution >= 0.6 is 0 Å². The van der Waals surface area contributed by atoms with E-state index in [-0.39, 0.29) is 12.5 Å². The first-order chi connectivity index (χ1) is 9.20. The summed E-state index contributed by atoms with van der Waals surface area (Å²) in [5.74, 6) is -0.122. The van der Waals surface area contributed by atoms with Crippen molar-refractivity contribution in [1.29, 1.82) is 0 Å². The van der Waals surface area contributed by atoms with Crippen molar-refractivity contribution < 1.29 is 9.90 Å². The summed E-state index contributed by atoms with van der Waals surface area (Å²) in [6, 6.07) is 8.82. The first-order valence-electron chi connectivity index (χ1n) is 5.92. The lowest BCUT2D eigenvalue weighted by molar-refractivity contribution is 0.0783. The molecule has 2 rings (SSSR count). The zero-order valence-electron chi connectivity index (χ0n) is 10.7. The standard InChI is InChI=1S/C14H15N3O2/c1-17(9-12-4-2-3-6-15-12)14(19)11-5-7-16-13(8-11)10-18/h2-8,18H,9-10H2,1H3. The molecule has 1 amide bonds. The number of aliphatic hydroxyl groups is 1. The smallest absolute Gasteiger partial charge is 0.254 e. The molecule has 0 radical (unpaired) electrons. The van der Waals surface area contributed by atoms with Crippen molar-refractivity contribution in [2.24, 2.45) is 0 Å². The lowest BCUT2D eigenvalue weighted by Crippen LogP contribution is -2.26. The molecule has 2 aromatic heterocycles.